The molecule has 2 rings (SSSR count). The van der Waals surface area contributed by atoms with Crippen molar-refractivity contribution < 1.29 is 23.1 Å². The van der Waals surface area contributed by atoms with Gasteiger partial charge in [0.25, 0.3) is 0 Å². The topological polar surface area (TPSA) is 110 Å². The highest BCUT2D eigenvalue weighted by molar-refractivity contribution is 6.30. The van der Waals surface area contributed by atoms with Crippen LogP contribution >= 0.6 is 11.6 Å². The van der Waals surface area contributed by atoms with Crippen LogP contribution in [0.3, 0.4) is 0 Å². The zero-order chi connectivity index (χ0) is 22.1. The Hall–Kier alpha value is -2.98. The molecule has 0 unspecified atom stereocenters. The van der Waals surface area contributed by atoms with Crippen LogP contribution in [0.1, 0.15) is 12.1 Å². The van der Waals surface area contributed by atoms with Crippen LogP contribution in [-0.4, -0.2) is 46.9 Å². The zero-order valence-electron chi connectivity index (χ0n) is 15.6. The number of nitrogens with one attached hydrogen (secondary N) is 3. The minimum atomic E-state index is -4.79. The van der Waals surface area contributed by atoms with Crippen molar-refractivity contribution in [1.82, 2.24) is 10.3 Å². The second kappa shape index (κ2) is 10.7. The standard InChI is InChI=1S/C19H19ClF3N5O2/c20-12-2-1-3-14(8-12)27-16(9-17(24)19(21,22)23)11-26-18(30)28-15-5-4-13(6-7-29)25-10-15/h1-5,8,10,24,29H,6-7,9,11H2,(H2,26,28,30). The molecule has 160 valence electrons. The van der Waals surface area contributed by atoms with Gasteiger partial charge in [-0.1, -0.05) is 17.7 Å². The van der Waals surface area contributed by atoms with Crippen LogP contribution < -0.4 is 10.6 Å². The number of nitrogens with zero attached hydrogens (tertiary/aromatic N) is 2. The summed E-state index contributed by atoms with van der Waals surface area (Å²) in [6.07, 6.45) is -3.81. The molecule has 2 aromatic rings. The summed E-state index contributed by atoms with van der Waals surface area (Å²) >= 11 is 5.86. The number of aliphatic hydroxyl groups is 1. The van der Waals surface area contributed by atoms with Gasteiger partial charge in [-0.3, -0.25) is 9.98 Å². The number of amides is 2. The number of urea groups is 1. The molecule has 1 heterocycles. The molecule has 0 aliphatic rings. The first kappa shape index (κ1) is 23.3. The molecule has 0 bridgehead atoms. The van der Waals surface area contributed by atoms with Crippen molar-refractivity contribution in [3.05, 3.63) is 53.3 Å². The fraction of sp³-hybridized carbons (Fsp3) is 0.263. The smallest absolute Gasteiger partial charge is 0.396 e. The Kier molecular flexibility index (Phi) is 8.31. The lowest BCUT2D eigenvalue weighted by atomic mass is 10.1. The van der Waals surface area contributed by atoms with E-state index in [9.17, 15) is 18.0 Å². The number of pyridine rings is 1. The first-order valence-corrected chi connectivity index (χ1v) is 9.12. The Morgan fingerprint density at radius 2 is 2.03 bits per heavy atom. The van der Waals surface area contributed by atoms with Crippen LogP contribution in [0.2, 0.25) is 5.02 Å². The zero-order valence-corrected chi connectivity index (χ0v) is 16.4. The molecule has 0 saturated carbocycles. The van der Waals surface area contributed by atoms with E-state index in [1.165, 1.54) is 12.3 Å². The summed E-state index contributed by atoms with van der Waals surface area (Å²) in [7, 11) is 0. The van der Waals surface area contributed by atoms with Gasteiger partial charge in [0.05, 0.1) is 24.1 Å². The van der Waals surface area contributed by atoms with Crippen molar-refractivity contribution in [2.45, 2.75) is 19.0 Å². The number of carbonyl (C=O) groups excluding carboxylic acids is 1. The van der Waals surface area contributed by atoms with E-state index in [0.717, 1.165) is 0 Å². The Morgan fingerprint density at radius 3 is 2.63 bits per heavy atom. The molecule has 0 atom stereocenters. The van der Waals surface area contributed by atoms with Crippen LogP contribution in [-0.2, 0) is 6.42 Å². The van der Waals surface area contributed by atoms with Gasteiger partial charge < -0.3 is 21.1 Å². The van der Waals surface area contributed by atoms with Crippen LogP contribution in [0.4, 0.5) is 29.3 Å². The monoisotopic (exact) mass is 441 g/mol. The number of alkyl halides is 3. The quantitative estimate of drug-likeness (QED) is 0.462. The molecule has 2 amide bonds. The third-order valence-corrected chi connectivity index (χ3v) is 3.96. The van der Waals surface area contributed by atoms with E-state index in [0.29, 0.717) is 28.5 Å². The Morgan fingerprint density at radius 1 is 1.27 bits per heavy atom. The average Bonchev–Trinajstić information content (AvgIpc) is 2.67. The lowest BCUT2D eigenvalue weighted by Crippen LogP contribution is -2.35. The fourth-order valence-electron chi connectivity index (χ4n) is 2.29. The Labute approximate surface area is 175 Å². The first-order valence-electron chi connectivity index (χ1n) is 8.74. The fourth-order valence-corrected chi connectivity index (χ4v) is 2.48. The van der Waals surface area contributed by atoms with Gasteiger partial charge >= 0.3 is 12.2 Å². The molecule has 1 aromatic heterocycles. The number of rotatable bonds is 8. The molecule has 4 N–H and O–H groups in total. The minimum absolute atomic E-state index is 0.0536. The second-order valence-electron chi connectivity index (χ2n) is 6.13. The molecule has 7 nitrogen and oxygen atoms in total. The van der Waals surface area contributed by atoms with Gasteiger partial charge in [0, 0.05) is 35.9 Å². The van der Waals surface area contributed by atoms with Crippen molar-refractivity contribution in [3.8, 4) is 0 Å². The summed E-state index contributed by atoms with van der Waals surface area (Å²) in [5, 5.41) is 21.3. The van der Waals surface area contributed by atoms with Crippen molar-refractivity contribution in [1.29, 1.82) is 5.41 Å². The van der Waals surface area contributed by atoms with Gasteiger partial charge in [-0.2, -0.15) is 13.2 Å². The van der Waals surface area contributed by atoms with Gasteiger partial charge in [-0.25, -0.2) is 4.79 Å². The maximum Gasteiger partial charge on any atom is 0.429 e. The number of aliphatic hydroxyl groups excluding tert-OH is 1. The Balaban J connectivity index is 2.05. The summed E-state index contributed by atoms with van der Waals surface area (Å²) in [5.41, 5.74) is -0.228. The van der Waals surface area contributed by atoms with E-state index in [2.05, 4.69) is 20.6 Å². The van der Waals surface area contributed by atoms with Crippen LogP contribution in [0.5, 0.6) is 0 Å². The number of benzene rings is 1. The number of aromatic nitrogens is 1. The van der Waals surface area contributed by atoms with Crippen molar-refractivity contribution >= 4 is 40.4 Å². The van der Waals surface area contributed by atoms with Crippen molar-refractivity contribution in [2.24, 2.45) is 4.99 Å². The van der Waals surface area contributed by atoms with Gasteiger partial charge in [-0.15, -0.1) is 0 Å². The molecule has 0 aliphatic heterocycles. The van der Waals surface area contributed by atoms with Crippen LogP contribution in [0.25, 0.3) is 0 Å². The van der Waals surface area contributed by atoms with Gasteiger partial charge in [0.2, 0.25) is 0 Å². The van der Waals surface area contributed by atoms with Crippen molar-refractivity contribution in [2.75, 3.05) is 18.5 Å². The summed E-state index contributed by atoms with van der Waals surface area (Å²) in [6.45, 7) is -0.366. The normalized spacial score (nSPS) is 11.8. The predicted molar refractivity (Wildman–Crippen MR) is 109 cm³/mol. The van der Waals surface area contributed by atoms with Crippen LogP contribution in [0, 0.1) is 5.41 Å². The van der Waals surface area contributed by atoms with Crippen molar-refractivity contribution in [3.63, 3.8) is 0 Å². The highest BCUT2D eigenvalue weighted by Gasteiger charge is 2.34. The van der Waals surface area contributed by atoms with Gasteiger partial charge in [0.1, 0.15) is 5.71 Å². The number of carbonyl (C=O) groups is 1. The number of hydrogen-bond donors (Lipinski definition) is 4. The van der Waals surface area contributed by atoms with Gasteiger partial charge in [-0.05, 0) is 30.3 Å². The molecular weight excluding hydrogens is 423 g/mol. The Bertz CT molecular complexity index is 917. The number of halogens is 4. The molecule has 0 saturated heterocycles. The van der Waals surface area contributed by atoms with E-state index in [-0.39, 0.29) is 18.9 Å². The summed E-state index contributed by atoms with van der Waals surface area (Å²) < 4.78 is 38.3. The number of anilines is 1. The molecular formula is C19H19ClF3N5O2. The summed E-state index contributed by atoms with van der Waals surface area (Å²) in [6, 6.07) is 8.70. The third kappa shape index (κ3) is 7.80. The minimum Gasteiger partial charge on any atom is -0.396 e. The average molecular weight is 442 g/mol. The SMILES string of the molecule is N=C(CC(CNC(=O)Nc1ccc(CCO)nc1)=Nc1cccc(Cl)c1)C(F)(F)F. The first-order chi connectivity index (χ1) is 14.2. The van der Waals surface area contributed by atoms with Crippen LogP contribution in [0.15, 0.2) is 47.6 Å². The van der Waals surface area contributed by atoms with E-state index in [1.54, 1.807) is 30.3 Å². The highest BCUT2D eigenvalue weighted by atomic mass is 35.5. The lowest BCUT2D eigenvalue weighted by molar-refractivity contribution is -0.0605. The second-order valence-corrected chi connectivity index (χ2v) is 6.57. The summed E-state index contributed by atoms with van der Waals surface area (Å²) in [4.78, 5) is 20.2. The molecule has 11 heteroatoms. The molecule has 0 spiro atoms. The predicted octanol–water partition coefficient (Wildman–Crippen LogP) is 4.14. The molecule has 0 fully saturated rings. The maximum atomic E-state index is 12.8. The van der Waals surface area contributed by atoms with E-state index >= 15 is 0 Å². The largest absolute Gasteiger partial charge is 0.429 e. The van der Waals surface area contributed by atoms with E-state index < -0.39 is 24.3 Å². The molecule has 0 radical (unpaired) electrons. The molecule has 0 aliphatic carbocycles. The molecule has 1 aromatic carbocycles. The molecule has 30 heavy (non-hydrogen) atoms. The maximum absolute atomic E-state index is 12.8. The summed E-state index contributed by atoms with van der Waals surface area (Å²) in [5.74, 6) is 0. The lowest BCUT2D eigenvalue weighted by Gasteiger charge is -2.12. The highest BCUT2D eigenvalue weighted by Crippen LogP contribution is 2.21. The van der Waals surface area contributed by atoms with E-state index in [4.69, 9.17) is 22.1 Å². The third-order valence-electron chi connectivity index (χ3n) is 3.72. The number of hydrogen-bond acceptors (Lipinski definition) is 5. The van der Waals surface area contributed by atoms with E-state index in [1.807, 2.05) is 0 Å². The number of aliphatic imine (C=N–C) groups is 1. The van der Waals surface area contributed by atoms with Gasteiger partial charge in [0.15, 0.2) is 0 Å².